The second-order valence-electron chi connectivity index (χ2n) is 7.85. The van der Waals surface area contributed by atoms with E-state index in [1.54, 1.807) is 12.1 Å². The minimum Gasteiger partial charge on any atom is -0.347 e. The zero-order valence-corrected chi connectivity index (χ0v) is 16.6. The summed E-state index contributed by atoms with van der Waals surface area (Å²) < 4.78 is 1.39. The highest BCUT2D eigenvalue weighted by molar-refractivity contribution is 5.92. The van der Waals surface area contributed by atoms with Crippen LogP contribution < -0.4 is 10.5 Å². The normalized spacial score (nSPS) is 16.6. The molecular formula is C23H23N3O2. The Bertz CT molecular complexity index is 1190. The molecule has 0 aliphatic carbocycles. The van der Waals surface area contributed by atoms with Gasteiger partial charge in [0.1, 0.15) is 0 Å². The van der Waals surface area contributed by atoms with Crippen molar-refractivity contribution in [1.29, 1.82) is 0 Å². The fourth-order valence-corrected chi connectivity index (χ4v) is 4.08. The molecule has 3 aromatic rings. The van der Waals surface area contributed by atoms with Gasteiger partial charge in [-0.2, -0.15) is 0 Å². The fraction of sp³-hybridized carbons (Fsp3) is 0.261. The topological polar surface area (TPSA) is 55.2 Å². The SMILES string of the molecule is Cc1cccc2c(=O)n(CC(=O)C=C3N(C)c4ccccc4C3(C)C)cnc12. The predicted octanol–water partition coefficient (Wildman–Crippen LogP) is 3.59. The van der Waals surface area contributed by atoms with Crippen molar-refractivity contribution in [3.8, 4) is 0 Å². The summed E-state index contributed by atoms with van der Waals surface area (Å²) in [6, 6.07) is 13.7. The lowest BCUT2D eigenvalue weighted by Gasteiger charge is -2.24. The number of nitrogens with zero attached hydrogens (tertiary/aromatic N) is 3. The number of para-hydroxylation sites is 2. The lowest BCUT2D eigenvalue weighted by Crippen LogP contribution is -2.27. The van der Waals surface area contributed by atoms with Crippen LogP contribution in [-0.4, -0.2) is 22.4 Å². The molecule has 0 spiro atoms. The van der Waals surface area contributed by atoms with Gasteiger partial charge in [0, 0.05) is 29.9 Å². The molecule has 0 unspecified atom stereocenters. The molecule has 1 aromatic heterocycles. The van der Waals surface area contributed by atoms with Crippen LogP contribution in [0.25, 0.3) is 10.9 Å². The molecule has 0 fully saturated rings. The Kier molecular flexibility index (Phi) is 4.18. The van der Waals surface area contributed by atoms with Crippen molar-refractivity contribution < 1.29 is 4.79 Å². The van der Waals surface area contributed by atoms with Crippen molar-refractivity contribution in [3.63, 3.8) is 0 Å². The number of aromatic nitrogens is 2. The Morgan fingerprint density at radius 1 is 1.14 bits per heavy atom. The first-order valence-electron chi connectivity index (χ1n) is 9.33. The van der Waals surface area contributed by atoms with Crippen LogP contribution in [0.15, 0.2) is 65.4 Å². The van der Waals surface area contributed by atoms with Crippen LogP contribution in [0.5, 0.6) is 0 Å². The highest BCUT2D eigenvalue weighted by Crippen LogP contribution is 2.46. The Morgan fingerprint density at radius 3 is 2.64 bits per heavy atom. The maximum Gasteiger partial charge on any atom is 0.261 e. The third kappa shape index (κ3) is 2.74. The van der Waals surface area contributed by atoms with Gasteiger partial charge in [0.2, 0.25) is 0 Å². The van der Waals surface area contributed by atoms with Crippen molar-refractivity contribution in [3.05, 3.63) is 82.0 Å². The number of aryl methyl sites for hydroxylation is 1. The molecule has 4 rings (SSSR count). The van der Waals surface area contributed by atoms with Crippen molar-refractivity contribution in [1.82, 2.24) is 9.55 Å². The first kappa shape index (κ1) is 18.2. The van der Waals surface area contributed by atoms with E-state index in [2.05, 4.69) is 35.9 Å². The van der Waals surface area contributed by atoms with Gasteiger partial charge < -0.3 is 4.90 Å². The van der Waals surface area contributed by atoms with Crippen LogP contribution in [0.2, 0.25) is 0 Å². The average Bonchev–Trinajstić information content (AvgIpc) is 2.86. The Hall–Kier alpha value is -3.21. The number of likely N-dealkylation sites (N-methyl/N-ethyl adjacent to an activating group) is 1. The highest BCUT2D eigenvalue weighted by Gasteiger charge is 2.38. The van der Waals surface area contributed by atoms with E-state index in [0.29, 0.717) is 10.9 Å². The quantitative estimate of drug-likeness (QED) is 0.659. The van der Waals surface area contributed by atoms with E-state index in [0.717, 1.165) is 16.9 Å². The minimum absolute atomic E-state index is 0.0283. The number of allylic oxidation sites excluding steroid dienone is 2. The molecule has 2 aromatic carbocycles. The molecule has 0 atom stereocenters. The number of carbonyl (C=O) groups excluding carboxylic acids is 1. The second-order valence-corrected chi connectivity index (χ2v) is 7.85. The molecule has 1 aliphatic heterocycles. The standard InChI is InChI=1S/C23H23N3O2/c1-15-8-7-9-17-21(15)24-14-26(22(17)28)13-16(27)12-20-23(2,3)18-10-5-6-11-19(18)25(20)4/h5-12,14H,13H2,1-4H3. The first-order valence-corrected chi connectivity index (χ1v) is 9.33. The summed E-state index contributed by atoms with van der Waals surface area (Å²) >= 11 is 0. The van der Waals surface area contributed by atoms with Gasteiger partial charge in [0.25, 0.3) is 5.56 Å². The molecule has 1 aliphatic rings. The number of hydrogen-bond donors (Lipinski definition) is 0. The van der Waals surface area contributed by atoms with Gasteiger partial charge in [-0.1, -0.05) is 44.2 Å². The van der Waals surface area contributed by atoms with Gasteiger partial charge in [-0.3, -0.25) is 14.2 Å². The fourth-order valence-electron chi connectivity index (χ4n) is 4.08. The molecule has 0 radical (unpaired) electrons. The molecular weight excluding hydrogens is 350 g/mol. The van der Waals surface area contributed by atoms with Gasteiger partial charge >= 0.3 is 0 Å². The molecule has 0 N–H and O–H groups in total. The van der Waals surface area contributed by atoms with E-state index < -0.39 is 0 Å². The molecule has 5 nitrogen and oxygen atoms in total. The zero-order valence-electron chi connectivity index (χ0n) is 16.6. The third-order valence-corrected chi connectivity index (χ3v) is 5.62. The van der Waals surface area contributed by atoms with Gasteiger partial charge in [-0.25, -0.2) is 4.98 Å². The number of ketones is 1. The van der Waals surface area contributed by atoms with E-state index >= 15 is 0 Å². The lowest BCUT2D eigenvalue weighted by molar-refractivity contribution is -0.115. The Balaban J connectivity index is 1.68. The first-order chi connectivity index (χ1) is 13.3. The maximum atomic E-state index is 12.8. The average molecular weight is 373 g/mol. The van der Waals surface area contributed by atoms with E-state index in [4.69, 9.17) is 0 Å². The number of fused-ring (bicyclic) bond motifs is 2. The molecule has 28 heavy (non-hydrogen) atoms. The Labute approximate surface area is 163 Å². The monoisotopic (exact) mass is 373 g/mol. The molecule has 0 saturated carbocycles. The van der Waals surface area contributed by atoms with Gasteiger partial charge in [-0.15, -0.1) is 0 Å². The summed E-state index contributed by atoms with van der Waals surface area (Å²) in [4.78, 5) is 32.0. The highest BCUT2D eigenvalue weighted by atomic mass is 16.1. The van der Waals surface area contributed by atoms with Crippen LogP contribution in [0, 0.1) is 6.92 Å². The molecule has 0 saturated heterocycles. The van der Waals surface area contributed by atoms with E-state index in [1.807, 2.05) is 38.2 Å². The second kappa shape index (κ2) is 6.44. The number of anilines is 1. The van der Waals surface area contributed by atoms with Crippen LogP contribution in [0.4, 0.5) is 5.69 Å². The van der Waals surface area contributed by atoms with Crippen LogP contribution in [-0.2, 0) is 16.8 Å². The van der Waals surface area contributed by atoms with Crippen molar-refractivity contribution in [2.45, 2.75) is 32.7 Å². The summed E-state index contributed by atoms with van der Waals surface area (Å²) in [5.41, 5.74) is 4.39. The molecule has 142 valence electrons. The zero-order chi connectivity index (χ0) is 20.1. The smallest absolute Gasteiger partial charge is 0.261 e. The summed E-state index contributed by atoms with van der Waals surface area (Å²) in [6.07, 6.45) is 3.12. The van der Waals surface area contributed by atoms with E-state index in [9.17, 15) is 9.59 Å². The van der Waals surface area contributed by atoms with Gasteiger partial charge in [0.15, 0.2) is 5.78 Å². The number of carbonyl (C=O) groups is 1. The largest absolute Gasteiger partial charge is 0.347 e. The summed E-state index contributed by atoms with van der Waals surface area (Å²) in [7, 11) is 1.97. The lowest BCUT2D eigenvalue weighted by atomic mass is 9.83. The molecule has 5 heteroatoms. The number of rotatable bonds is 3. The Morgan fingerprint density at radius 2 is 1.89 bits per heavy atom. The van der Waals surface area contributed by atoms with Crippen molar-refractivity contribution in [2.75, 3.05) is 11.9 Å². The van der Waals surface area contributed by atoms with E-state index in [-0.39, 0.29) is 23.3 Å². The minimum atomic E-state index is -0.273. The summed E-state index contributed by atoms with van der Waals surface area (Å²) in [5.74, 6) is -0.126. The van der Waals surface area contributed by atoms with Crippen molar-refractivity contribution >= 4 is 22.4 Å². The van der Waals surface area contributed by atoms with Crippen LogP contribution >= 0.6 is 0 Å². The molecule has 2 heterocycles. The summed E-state index contributed by atoms with van der Waals surface area (Å²) in [6.45, 7) is 6.12. The predicted molar refractivity (Wildman–Crippen MR) is 112 cm³/mol. The van der Waals surface area contributed by atoms with Gasteiger partial charge in [-0.05, 0) is 30.2 Å². The number of hydrogen-bond acceptors (Lipinski definition) is 4. The molecule has 0 amide bonds. The maximum absolute atomic E-state index is 12.8. The van der Waals surface area contributed by atoms with Crippen LogP contribution in [0.3, 0.4) is 0 Å². The molecule has 0 bridgehead atoms. The van der Waals surface area contributed by atoms with E-state index in [1.165, 1.54) is 16.5 Å². The van der Waals surface area contributed by atoms with Crippen LogP contribution in [0.1, 0.15) is 25.0 Å². The van der Waals surface area contributed by atoms with Gasteiger partial charge in [0.05, 0.1) is 23.8 Å². The van der Waals surface area contributed by atoms with Crippen molar-refractivity contribution in [2.24, 2.45) is 0 Å². The summed E-state index contributed by atoms with van der Waals surface area (Å²) in [5, 5.41) is 0.536. The third-order valence-electron chi connectivity index (χ3n) is 5.62. The number of benzene rings is 2.